The molecule has 9 heteroatoms. The molecule has 2 fully saturated rings. The molecule has 0 aliphatic carbocycles. The van der Waals surface area contributed by atoms with Crippen LogP contribution in [-0.2, 0) is 16.4 Å². The van der Waals surface area contributed by atoms with Gasteiger partial charge in [-0.05, 0) is 56.5 Å². The SMILES string of the molecule is COc1ccc(CN2CCC(c3nc(N4CCCC4)ncc3S(C)(=O)=O)CC2)cc1O. The predicted octanol–water partition coefficient (Wildman–Crippen LogP) is 2.57. The molecule has 3 heterocycles. The summed E-state index contributed by atoms with van der Waals surface area (Å²) in [4.78, 5) is 13.8. The Morgan fingerprint density at radius 2 is 1.87 bits per heavy atom. The Hall–Kier alpha value is -2.39. The number of aromatic nitrogens is 2. The maximum atomic E-state index is 12.4. The number of ether oxygens (including phenoxy) is 1. The molecule has 2 aliphatic rings. The largest absolute Gasteiger partial charge is 0.504 e. The molecule has 2 aliphatic heterocycles. The van der Waals surface area contributed by atoms with Crippen molar-refractivity contribution in [1.82, 2.24) is 14.9 Å². The predicted molar refractivity (Wildman–Crippen MR) is 118 cm³/mol. The van der Waals surface area contributed by atoms with E-state index in [1.165, 1.54) is 19.6 Å². The summed E-state index contributed by atoms with van der Waals surface area (Å²) in [7, 11) is -1.86. The van der Waals surface area contributed by atoms with Crippen molar-refractivity contribution in [3.63, 3.8) is 0 Å². The molecule has 0 atom stereocenters. The smallest absolute Gasteiger partial charge is 0.225 e. The van der Waals surface area contributed by atoms with Crippen molar-refractivity contribution in [3.05, 3.63) is 35.7 Å². The number of hydrogen-bond donors (Lipinski definition) is 1. The van der Waals surface area contributed by atoms with Crippen LogP contribution in [0.25, 0.3) is 0 Å². The normalized spacial score (nSPS) is 18.5. The summed E-state index contributed by atoms with van der Waals surface area (Å²) < 4.78 is 29.9. The molecule has 0 unspecified atom stereocenters. The number of benzene rings is 1. The van der Waals surface area contributed by atoms with E-state index in [4.69, 9.17) is 9.72 Å². The third kappa shape index (κ3) is 4.93. The Bertz CT molecular complexity index is 1030. The molecule has 2 saturated heterocycles. The molecule has 0 spiro atoms. The van der Waals surface area contributed by atoms with E-state index in [0.717, 1.165) is 64.0 Å². The second-order valence-corrected chi connectivity index (χ2v) is 10.4. The summed E-state index contributed by atoms with van der Waals surface area (Å²) in [6.07, 6.45) is 6.63. The van der Waals surface area contributed by atoms with Crippen LogP contribution < -0.4 is 9.64 Å². The highest BCUT2D eigenvalue weighted by Gasteiger charge is 2.29. The van der Waals surface area contributed by atoms with E-state index in [0.29, 0.717) is 17.4 Å². The molecule has 0 bridgehead atoms. The number of phenols is 1. The van der Waals surface area contributed by atoms with E-state index in [9.17, 15) is 13.5 Å². The van der Waals surface area contributed by atoms with Crippen LogP contribution >= 0.6 is 0 Å². The van der Waals surface area contributed by atoms with Crippen molar-refractivity contribution in [3.8, 4) is 11.5 Å². The Morgan fingerprint density at radius 1 is 1.16 bits per heavy atom. The maximum absolute atomic E-state index is 12.4. The summed E-state index contributed by atoms with van der Waals surface area (Å²) in [6, 6.07) is 5.47. The number of sulfone groups is 1. The van der Waals surface area contributed by atoms with Gasteiger partial charge in [-0.1, -0.05) is 6.07 Å². The van der Waals surface area contributed by atoms with Crippen LogP contribution in [0.15, 0.2) is 29.3 Å². The molecule has 31 heavy (non-hydrogen) atoms. The first-order chi connectivity index (χ1) is 14.8. The van der Waals surface area contributed by atoms with Crippen LogP contribution in [0.2, 0.25) is 0 Å². The fourth-order valence-electron chi connectivity index (χ4n) is 4.48. The molecular weight excluding hydrogens is 416 g/mol. The van der Waals surface area contributed by atoms with E-state index in [2.05, 4.69) is 14.8 Å². The van der Waals surface area contributed by atoms with E-state index < -0.39 is 9.84 Å². The van der Waals surface area contributed by atoms with Crippen molar-refractivity contribution in [2.75, 3.05) is 44.4 Å². The van der Waals surface area contributed by atoms with E-state index in [1.54, 1.807) is 12.1 Å². The Labute approximate surface area is 183 Å². The summed E-state index contributed by atoms with van der Waals surface area (Å²) in [5.41, 5.74) is 1.69. The molecular formula is C22H30N4O4S. The van der Waals surface area contributed by atoms with Crippen LogP contribution in [0.3, 0.4) is 0 Å². The third-order valence-corrected chi connectivity index (χ3v) is 7.30. The van der Waals surface area contributed by atoms with E-state index >= 15 is 0 Å². The topological polar surface area (TPSA) is 95.9 Å². The number of methoxy groups -OCH3 is 1. The maximum Gasteiger partial charge on any atom is 0.225 e. The standard InChI is InChI=1S/C22H30N4O4S/c1-30-19-6-5-16(13-18(19)27)15-25-11-7-17(8-12-25)21-20(31(2,28)29)14-23-22(24-21)26-9-3-4-10-26/h5-6,13-14,17,27H,3-4,7-12,15H2,1-2H3. The first-order valence-corrected chi connectivity index (χ1v) is 12.6. The van der Waals surface area contributed by atoms with Crippen molar-refractivity contribution in [2.45, 2.75) is 43.0 Å². The summed E-state index contributed by atoms with van der Waals surface area (Å²) in [5, 5.41) is 10.0. The number of phenolic OH excluding ortho intramolecular Hbond substituents is 1. The van der Waals surface area contributed by atoms with E-state index in [-0.39, 0.29) is 16.6 Å². The quantitative estimate of drug-likeness (QED) is 0.723. The highest BCUT2D eigenvalue weighted by molar-refractivity contribution is 7.90. The molecule has 0 saturated carbocycles. The van der Waals surface area contributed by atoms with Crippen LogP contribution in [0.5, 0.6) is 11.5 Å². The lowest BCUT2D eigenvalue weighted by molar-refractivity contribution is 0.202. The van der Waals surface area contributed by atoms with Crippen LogP contribution in [-0.4, -0.2) is 67.9 Å². The molecule has 0 amide bonds. The first-order valence-electron chi connectivity index (χ1n) is 10.8. The minimum atomic E-state index is -3.39. The minimum Gasteiger partial charge on any atom is -0.504 e. The van der Waals surface area contributed by atoms with Crippen molar-refractivity contribution in [2.24, 2.45) is 0 Å². The zero-order valence-corrected chi connectivity index (χ0v) is 18.9. The van der Waals surface area contributed by atoms with Gasteiger partial charge in [0.2, 0.25) is 5.95 Å². The zero-order valence-electron chi connectivity index (χ0n) is 18.1. The number of nitrogens with zero attached hydrogens (tertiary/aromatic N) is 4. The molecule has 1 N–H and O–H groups in total. The van der Waals surface area contributed by atoms with Gasteiger partial charge in [-0.2, -0.15) is 0 Å². The van der Waals surface area contributed by atoms with E-state index in [1.807, 2.05) is 6.07 Å². The second-order valence-electron chi connectivity index (χ2n) is 8.44. The van der Waals surface area contributed by atoms with Crippen LogP contribution in [0.4, 0.5) is 5.95 Å². The van der Waals surface area contributed by atoms with Crippen LogP contribution in [0, 0.1) is 0 Å². The average molecular weight is 447 g/mol. The molecule has 1 aromatic heterocycles. The van der Waals surface area contributed by atoms with Crippen molar-refractivity contribution < 1.29 is 18.3 Å². The monoisotopic (exact) mass is 446 g/mol. The lowest BCUT2D eigenvalue weighted by atomic mass is 9.93. The average Bonchev–Trinajstić information content (AvgIpc) is 3.28. The van der Waals surface area contributed by atoms with Gasteiger partial charge in [-0.3, -0.25) is 4.90 Å². The molecule has 168 valence electrons. The van der Waals surface area contributed by atoms with Gasteiger partial charge in [0, 0.05) is 31.8 Å². The van der Waals surface area contributed by atoms with Gasteiger partial charge in [0.25, 0.3) is 0 Å². The fraction of sp³-hybridized carbons (Fsp3) is 0.545. The number of aromatic hydroxyl groups is 1. The Kier molecular flexibility index (Phi) is 6.34. The van der Waals surface area contributed by atoms with Gasteiger partial charge in [-0.15, -0.1) is 0 Å². The summed E-state index contributed by atoms with van der Waals surface area (Å²) in [5.74, 6) is 1.35. The fourth-order valence-corrected chi connectivity index (χ4v) is 5.31. The number of hydrogen-bond acceptors (Lipinski definition) is 8. The van der Waals surface area contributed by atoms with Gasteiger partial charge in [-0.25, -0.2) is 18.4 Å². The number of anilines is 1. The molecule has 1 aromatic carbocycles. The lowest BCUT2D eigenvalue weighted by Gasteiger charge is -2.32. The van der Waals surface area contributed by atoms with Gasteiger partial charge in [0.15, 0.2) is 21.3 Å². The van der Waals surface area contributed by atoms with Gasteiger partial charge < -0.3 is 14.7 Å². The Balaban J connectivity index is 1.48. The number of likely N-dealkylation sites (tertiary alicyclic amines) is 1. The van der Waals surface area contributed by atoms with Crippen molar-refractivity contribution in [1.29, 1.82) is 0 Å². The highest BCUT2D eigenvalue weighted by Crippen LogP contribution is 2.33. The second kappa shape index (κ2) is 9.00. The molecule has 0 radical (unpaired) electrons. The molecule has 8 nitrogen and oxygen atoms in total. The lowest BCUT2D eigenvalue weighted by Crippen LogP contribution is -2.33. The zero-order chi connectivity index (χ0) is 22.0. The third-order valence-electron chi connectivity index (χ3n) is 6.18. The first kappa shape index (κ1) is 21.8. The number of piperidine rings is 1. The summed E-state index contributed by atoms with van der Waals surface area (Å²) in [6.45, 7) is 4.25. The van der Waals surface area contributed by atoms with Gasteiger partial charge in [0.1, 0.15) is 4.90 Å². The highest BCUT2D eigenvalue weighted by atomic mass is 32.2. The minimum absolute atomic E-state index is 0.0922. The Morgan fingerprint density at radius 3 is 2.48 bits per heavy atom. The molecule has 2 aromatic rings. The van der Waals surface area contributed by atoms with Gasteiger partial charge >= 0.3 is 0 Å². The molecule has 4 rings (SSSR count). The number of rotatable bonds is 6. The van der Waals surface area contributed by atoms with Crippen molar-refractivity contribution >= 4 is 15.8 Å². The summed E-state index contributed by atoms with van der Waals surface area (Å²) >= 11 is 0. The van der Waals surface area contributed by atoms with Gasteiger partial charge in [0.05, 0.1) is 19.0 Å². The van der Waals surface area contributed by atoms with Crippen LogP contribution in [0.1, 0.15) is 42.9 Å².